The molecule has 1 aliphatic rings. The Morgan fingerprint density at radius 2 is 1.73 bits per heavy atom. The van der Waals surface area contributed by atoms with Gasteiger partial charge >= 0.3 is 6.36 Å². The Bertz CT molecular complexity index is 1240. The van der Waals surface area contributed by atoms with Crippen LogP contribution in [0.25, 0.3) is 5.76 Å². The minimum absolute atomic E-state index is 0.0736. The third-order valence-corrected chi connectivity index (χ3v) is 4.86. The largest absolute Gasteiger partial charge is 0.573 e. The van der Waals surface area contributed by atoms with Crippen molar-refractivity contribution in [2.45, 2.75) is 12.4 Å². The summed E-state index contributed by atoms with van der Waals surface area (Å²) in [6.07, 6.45) is -3.56. The highest BCUT2D eigenvalue weighted by atomic mass is 19.4. The number of Topliss-reactive ketones (excluding diaryl/α,β-unsaturated/α-hetero) is 1. The lowest BCUT2D eigenvalue weighted by Gasteiger charge is -2.25. The molecule has 168 valence electrons. The molecule has 0 aliphatic carbocycles. The number of pyridine rings is 1. The van der Waals surface area contributed by atoms with E-state index in [4.69, 9.17) is 0 Å². The summed E-state index contributed by atoms with van der Waals surface area (Å²) in [5.41, 5.74) is -0.160. The fourth-order valence-corrected chi connectivity index (χ4v) is 3.51. The van der Waals surface area contributed by atoms with E-state index in [1.165, 1.54) is 36.5 Å². The van der Waals surface area contributed by atoms with E-state index in [0.29, 0.717) is 0 Å². The number of hydrogen-bond donors (Lipinski definition) is 1. The second kappa shape index (κ2) is 8.38. The first kappa shape index (κ1) is 22.0. The van der Waals surface area contributed by atoms with Crippen LogP contribution in [0.2, 0.25) is 0 Å². The Balaban J connectivity index is 1.88. The van der Waals surface area contributed by atoms with Gasteiger partial charge in [-0.25, -0.2) is 4.39 Å². The number of aliphatic hydroxyl groups excluding tert-OH is 1. The van der Waals surface area contributed by atoms with E-state index in [1.54, 1.807) is 12.1 Å². The van der Waals surface area contributed by atoms with Crippen molar-refractivity contribution in [1.29, 1.82) is 0 Å². The van der Waals surface area contributed by atoms with Gasteiger partial charge in [0.1, 0.15) is 23.4 Å². The second-order valence-electron chi connectivity index (χ2n) is 6.98. The first-order chi connectivity index (χ1) is 15.7. The lowest BCUT2D eigenvalue weighted by atomic mass is 9.98. The molecule has 3 aromatic rings. The second-order valence-corrected chi connectivity index (χ2v) is 6.98. The molecule has 1 N–H and O–H groups in total. The molecule has 6 nitrogen and oxygen atoms in total. The standard InChI is InChI=1S/C23H14F4N2O4/c24-14-9-7-13(8-10-14)20(30)18-19(17-6-1-2-11-28-17)29(22(32)21(18)31)15-4-3-5-16(12-15)33-23(25,26)27/h1-12,19,30H/b20-18+. The van der Waals surface area contributed by atoms with Crippen LogP contribution in [0.15, 0.2) is 78.5 Å². The molecule has 0 spiro atoms. The highest BCUT2D eigenvalue weighted by molar-refractivity contribution is 6.51. The van der Waals surface area contributed by atoms with Crippen LogP contribution in [0.3, 0.4) is 0 Å². The first-order valence-electron chi connectivity index (χ1n) is 9.49. The zero-order valence-corrected chi connectivity index (χ0v) is 16.6. The fourth-order valence-electron chi connectivity index (χ4n) is 3.51. The van der Waals surface area contributed by atoms with Gasteiger partial charge in [-0.3, -0.25) is 19.5 Å². The molecule has 4 rings (SSSR count). The molecule has 1 unspecified atom stereocenters. The summed E-state index contributed by atoms with van der Waals surface area (Å²) in [6.45, 7) is 0. The molecular weight excluding hydrogens is 444 g/mol. The number of aliphatic hydroxyl groups is 1. The van der Waals surface area contributed by atoms with Crippen LogP contribution in [0.5, 0.6) is 5.75 Å². The number of nitrogens with zero attached hydrogens (tertiary/aromatic N) is 2. The Labute approximate surface area is 184 Å². The normalized spacial score (nSPS) is 17.9. The van der Waals surface area contributed by atoms with Gasteiger partial charge in [0.15, 0.2) is 0 Å². The molecule has 1 saturated heterocycles. The van der Waals surface area contributed by atoms with Gasteiger partial charge in [0.25, 0.3) is 11.7 Å². The average molecular weight is 458 g/mol. The number of carbonyl (C=O) groups is 2. The maximum atomic E-state index is 13.3. The number of ether oxygens (including phenoxy) is 1. The molecule has 1 aromatic heterocycles. The third-order valence-electron chi connectivity index (χ3n) is 4.86. The third kappa shape index (κ3) is 4.40. The quantitative estimate of drug-likeness (QED) is 0.264. The minimum Gasteiger partial charge on any atom is -0.507 e. The van der Waals surface area contributed by atoms with Crippen LogP contribution in [0, 0.1) is 5.82 Å². The number of carbonyl (C=O) groups excluding carboxylic acids is 2. The van der Waals surface area contributed by atoms with E-state index in [0.717, 1.165) is 29.2 Å². The maximum Gasteiger partial charge on any atom is 0.573 e. The van der Waals surface area contributed by atoms with Gasteiger partial charge in [-0.2, -0.15) is 0 Å². The van der Waals surface area contributed by atoms with Crippen LogP contribution in [-0.4, -0.2) is 28.1 Å². The molecule has 2 heterocycles. The van der Waals surface area contributed by atoms with Gasteiger partial charge < -0.3 is 9.84 Å². The number of anilines is 1. The number of alkyl halides is 3. The molecule has 1 amide bonds. The molecule has 1 atom stereocenters. The van der Waals surface area contributed by atoms with Gasteiger partial charge in [0.05, 0.1) is 11.3 Å². The molecule has 33 heavy (non-hydrogen) atoms. The molecule has 0 bridgehead atoms. The monoisotopic (exact) mass is 458 g/mol. The first-order valence-corrected chi connectivity index (χ1v) is 9.49. The Hall–Kier alpha value is -4.21. The minimum atomic E-state index is -4.96. The van der Waals surface area contributed by atoms with E-state index in [2.05, 4.69) is 9.72 Å². The number of halogens is 4. The number of amides is 1. The van der Waals surface area contributed by atoms with Crippen LogP contribution < -0.4 is 9.64 Å². The van der Waals surface area contributed by atoms with Crippen molar-refractivity contribution >= 4 is 23.1 Å². The van der Waals surface area contributed by atoms with E-state index in [1.807, 2.05) is 0 Å². The molecule has 2 aromatic carbocycles. The predicted octanol–water partition coefficient (Wildman–Crippen LogP) is 4.75. The number of aromatic nitrogens is 1. The lowest BCUT2D eigenvalue weighted by Crippen LogP contribution is -2.30. The fraction of sp³-hybridized carbons (Fsp3) is 0.0870. The van der Waals surface area contributed by atoms with Crippen molar-refractivity contribution in [3.05, 3.63) is 95.6 Å². The zero-order chi connectivity index (χ0) is 23.8. The van der Waals surface area contributed by atoms with Gasteiger partial charge in [-0.15, -0.1) is 13.2 Å². The number of hydrogen-bond acceptors (Lipinski definition) is 5. The van der Waals surface area contributed by atoms with Crippen LogP contribution >= 0.6 is 0 Å². The Morgan fingerprint density at radius 3 is 2.36 bits per heavy atom. The number of benzene rings is 2. The zero-order valence-electron chi connectivity index (χ0n) is 16.6. The van der Waals surface area contributed by atoms with E-state index in [9.17, 15) is 32.3 Å². The lowest BCUT2D eigenvalue weighted by molar-refractivity contribution is -0.274. The van der Waals surface area contributed by atoms with Gasteiger partial charge in [-0.05, 0) is 48.5 Å². The topological polar surface area (TPSA) is 79.7 Å². The molecule has 1 aliphatic heterocycles. The molecule has 0 saturated carbocycles. The molecule has 0 radical (unpaired) electrons. The van der Waals surface area contributed by atoms with Crippen molar-refractivity contribution in [3.8, 4) is 5.75 Å². The Morgan fingerprint density at radius 1 is 1.00 bits per heavy atom. The predicted molar refractivity (Wildman–Crippen MR) is 109 cm³/mol. The summed E-state index contributed by atoms with van der Waals surface area (Å²) in [6, 6.07) is 12.6. The Kier molecular flexibility index (Phi) is 5.59. The highest BCUT2D eigenvalue weighted by Gasteiger charge is 2.47. The summed E-state index contributed by atoms with van der Waals surface area (Å²) in [5.74, 6) is -3.91. The van der Waals surface area contributed by atoms with Gasteiger partial charge in [0.2, 0.25) is 0 Å². The number of ketones is 1. The van der Waals surface area contributed by atoms with Gasteiger partial charge in [0, 0.05) is 23.5 Å². The summed E-state index contributed by atoms with van der Waals surface area (Å²) in [4.78, 5) is 31.0. The van der Waals surface area contributed by atoms with Crippen molar-refractivity contribution in [2.75, 3.05) is 4.90 Å². The van der Waals surface area contributed by atoms with Gasteiger partial charge in [-0.1, -0.05) is 12.1 Å². The summed E-state index contributed by atoms with van der Waals surface area (Å²) in [5, 5.41) is 10.9. The van der Waals surface area contributed by atoms with Crippen molar-refractivity contribution in [3.63, 3.8) is 0 Å². The van der Waals surface area contributed by atoms with Crippen LogP contribution in [-0.2, 0) is 9.59 Å². The van der Waals surface area contributed by atoms with E-state index < -0.39 is 41.4 Å². The van der Waals surface area contributed by atoms with Crippen LogP contribution in [0.4, 0.5) is 23.2 Å². The molecular formula is C23H14F4N2O4. The smallest absolute Gasteiger partial charge is 0.507 e. The number of rotatable bonds is 4. The summed E-state index contributed by atoms with van der Waals surface area (Å²) >= 11 is 0. The molecule has 1 fully saturated rings. The SMILES string of the molecule is O=C1C(=O)N(c2cccc(OC(F)(F)F)c2)C(c2ccccn2)/C1=C(\O)c1ccc(F)cc1. The van der Waals surface area contributed by atoms with Crippen LogP contribution in [0.1, 0.15) is 17.3 Å². The summed E-state index contributed by atoms with van der Waals surface area (Å²) < 4.78 is 55.3. The van der Waals surface area contributed by atoms with Crippen molar-refractivity contribution in [1.82, 2.24) is 4.98 Å². The highest BCUT2D eigenvalue weighted by Crippen LogP contribution is 2.42. The van der Waals surface area contributed by atoms with Crippen molar-refractivity contribution < 1.29 is 37.0 Å². The van der Waals surface area contributed by atoms with Crippen molar-refractivity contribution in [2.24, 2.45) is 0 Å². The van der Waals surface area contributed by atoms with E-state index >= 15 is 0 Å². The summed E-state index contributed by atoms with van der Waals surface area (Å²) in [7, 11) is 0. The maximum absolute atomic E-state index is 13.3. The average Bonchev–Trinajstić information content (AvgIpc) is 3.04. The van der Waals surface area contributed by atoms with E-state index in [-0.39, 0.29) is 22.5 Å². The molecule has 10 heteroatoms.